The molecule has 1 heteroatoms. The van der Waals surface area contributed by atoms with Gasteiger partial charge in [0.15, 0.2) is 0 Å². The third-order valence-corrected chi connectivity index (χ3v) is 6.16. The zero-order valence-electron chi connectivity index (χ0n) is 14.6. The van der Waals surface area contributed by atoms with Gasteiger partial charge in [0.2, 0.25) is 0 Å². The molecule has 1 nitrogen and oxygen atoms in total. The molecule has 0 amide bonds. The molecule has 2 saturated carbocycles. The first-order valence-corrected chi connectivity index (χ1v) is 9.38. The van der Waals surface area contributed by atoms with Crippen molar-refractivity contribution in [2.24, 2.45) is 23.7 Å². The quantitative estimate of drug-likeness (QED) is 0.578. The average molecular weight is 293 g/mol. The maximum absolute atomic E-state index is 5.88. The van der Waals surface area contributed by atoms with E-state index in [0.29, 0.717) is 6.10 Å². The van der Waals surface area contributed by atoms with Crippen molar-refractivity contribution in [1.82, 2.24) is 0 Å². The van der Waals surface area contributed by atoms with Crippen molar-refractivity contribution in [2.75, 3.05) is 6.61 Å². The number of rotatable bonds is 4. The summed E-state index contributed by atoms with van der Waals surface area (Å²) in [6, 6.07) is 0. The van der Waals surface area contributed by atoms with E-state index in [2.05, 4.69) is 27.4 Å². The number of hydrogen-bond donors (Lipinski definition) is 0. The van der Waals surface area contributed by atoms with Crippen molar-refractivity contribution >= 4 is 0 Å². The lowest BCUT2D eigenvalue weighted by molar-refractivity contribution is 0.0265. The van der Waals surface area contributed by atoms with Crippen molar-refractivity contribution in [3.8, 4) is 0 Å². The van der Waals surface area contributed by atoms with E-state index in [1.54, 1.807) is 0 Å². The van der Waals surface area contributed by atoms with Gasteiger partial charge in [-0.2, -0.15) is 0 Å². The van der Waals surface area contributed by atoms with Gasteiger partial charge >= 0.3 is 0 Å². The maximum Gasteiger partial charge on any atom is 0.0575 e. The fraction of sp³-hybridized carbons (Fsp3) is 0.900. The Kier molecular flexibility index (Phi) is 6.79. The maximum atomic E-state index is 5.88. The summed E-state index contributed by atoms with van der Waals surface area (Å²) in [6.45, 7) is 12.0. The number of allylic oxidation sites excluding steroid dienone is 1. The zero-order valence-corrected chi connectivity index (χ0v) is 14.6. The molecule has 0 aliphatic heterocycles. The Hall–Kier alpha value is -0.300. The summed E-state index contributed by atoms with van der Waals surface area (Å²) in [5.74, 6) is 3.59. The largest absolute Gasteiger partial charge is 0.379 e. The molecule has 0 aromatic rings. The highest BCUT2D eigenvalue weighted by atomic mass is 16.5. The highest BCUT2D eigenvalue weighted by molar-refractivity contribution is 4.99. The molecule has 5 atom stereocenters. The Morgan fingerprint density at radius 3 is 2.52 bits per heavy atom. The average Bonchev–Trinajstić information content (AvgIpc) is 2.47. The van der Waals surface area contributed by atoms with Crippen molar-refractivity contribution in [3.63, 3.8) is 0 Å². The first-order chi connectivity index (χ1) is 10.1. The van der Waals surface area contributed by atoms with Gasteiger partial charge < -0.3 is 4.74 Å². The van der Waals surface area contributed by atoms with Gasteiger partial charge in [-0.25, -0.2) is 0 Å². The summed E-state index contributed by atoms with van der Waals surface area (Å²) in [4.78, 5) is 0. The molecule has 0 aromatic heterocycles. The Labute approximate surface area is 132 Å². The SMILES string of the molecule is C=C(C)[C@H]1CCCC(C2CCCC(OCC)CCC2C)C1. The van der Waals surface area contributed by atoms with Gasteiger partial charge in [0, 0.05) is 6.61 Å². The van der Waals surface area contributed by atoms with Gasteiger partial charge in [-0.15, -0.1) is 0 Å². The summed E-state index contributed by atoms with van der Waals surface area (Å²) in [7, 11) is 0. The fourth-order valence-corrected chi connectivity index (χ4v) is 4.84. The fourth-order valence-electron chi connectivity index (χ4n) is 4.84. The van der Waals surface area contributed by atoms with Gasteiger partial charge in [-0.1, -0.05) is 38.3 Å². The molecular formula is C20H36O. The lowest BCUT2D eigenvalue weighted by atomic mass is 9.67. The standard InChI is InChI=1S/C20H36O/c1-5-21-19-10-7-11-20(16(4)12-13-19)18-9-6-8-17(14-18)15(2)3/h16-20H,2,5-14H2,1,3-4H3/t16?,17-,18?,19?,20?/m0/s1. The van der Waals surface area contributed by atoms with Crippen molar-refractivity contribution in [2.45, 2.75) is 84.7 Å². The van der Waals surface area contributed by atoms with E-state index in [9.17, 15) is 0 Å². The van der Waals surface area contributed by atoms with Crippen LogP contribution in [0.1, 0.15) is 78.6 Å². The van der Waals surface area contributed by atoms with E-state index in [4.69, 9.17) is 4.74 Å². The number of ether oxygens (including phenoxy) is 1. The van der Waals surface area contributed by atoms with Crippen LogP contribution in [0.4, 0.5) is 0 Å². The monoisotopic (exact) mass is 292 g/mol. The van der Waals surface area contributed by atoms with Crippen LogP contribution in [0.2, 0.25) is 0 Å². The molecule has 2 aliphatic rings. The molecule has 0 saturated heterocycles. The highest BCUT2D eigenvalue weighted by Crippen LogP contribution is 2.43. The Morgan fingerprint density at radius 1 is 1.05 bits per heavy atom. The molecule has 0 N–H and O–H groups in total. The minimum Gasteiger partial charge on any atom is -0.379 e. The molecule has 2 rings (SSSR count). The summed E-state index contributed by atoms with van der Waals surface area (Å²) < 4.78 is 5.88. The molecular weight excluding hydrogens is 256 g/mol. The van der Waals surface area contributed by atoms with E-state index in [1.165, 1.54) is 63.4 Å². The predicted octanol–water partition coefficient (Wildman–Crippen LogP) is 5.99. The topological polar surface area (TPSA) is 9.23 Å². The summed E-state index contributed by atoms with van der Waals surface area (Å²) in [5.41, 5.74) is 1.43. The molecule has 122 valence electrons. The van der Waals surface area contributed by atoms with Crippen LogP contribution >= 0.6 is 0 Å². The van der Waals surface area contributed by atoms with E-state index >= 15 is 0 Å². The van der Waals surface area contributed by atoms with Gasteiger partial charge in [0.25, 0.3) is 0 Å². The lowest BCUT2D eigenvalue weighted by Crippen LogP contribution is -2.30. The van der Waals surface area contributed by atoms with Crippen LogP contribution in [0.25, 0.3) is 0 Å². The van der Waals surface area contributed by atoms with Crippen LogP contribution < -0.4 is 0 Å². The second kappa shape index (κ2) is 8.36. The van der Waals surface area contributed by atoms with E-state index < -0.39 is 0 Å². The van der Waals surface area contributed by atoms with Crippen LogP contribution in [-0.4, -0.2) is 12.7 Å². The summed E-state index contributed by atoms with van der Waals surface area (Å²) in [5, 5.41) is 0. The van der Waals surface area contributed by atoms with Gasteiger partial charge in [0.05, 0.1) is 6.10 Å². The molecule has 0 heterocycles. The first-order valence-electron chi connectivity index (χ1n) is 9.38. The normalized spacial score (nSPS) is 38.5. The first kappa shape index (κ1) is 17.1. The smallest absolute Gasteiger partial charge is 0.0575 e. The Balaban J connectivity index is 1.91. The summed E-state index contributed by atoms with van der Waals surface area (Å²) in [6.07, 6.45) is 13.0. The molecule has 21 heavy (non-hydrogen) atoms. The molecule has 2 fully saturated rings. The minimum atomic E-state index is 0.535. The van der Waals surface area contributed by atoms with Crippen molar-refractivity contribution in [3.05, 3.63) is 12.2 Å². The van der Waals surface area contributed by atoms with E-state index in [1.807, 2.05) is 0 Å². The van der Waals surface area contributed by atoms with E-state index in [0.717, 1.165) is 30.3 Å². The minimum absolute atomic E-state index is 0.535. The highest BCUT2D eigenvalue weighted by Gasteiger charge is 2.32. The second-order valence-electron chi connectivity index (χ2n) is 7.70. The second-order valence-corrected chi connectivity index (χ2v) is 7.70. The zero-order chi connectivity index (χ0) is 15.2. The van der Waals surface area contributed by atoms with Gasteiger partial charge in [-0.05, 0) is 76.0 Å². The van der Waals surface area contributed by atoms with Crippen LogP contribution in [-0.2, 0) is 4.74 Å². The van der Waals surface area contributed by atoms with Crippen molar-refractivity contribution < 1.29 is 4.74 Å². The molecule has 4 unspecified atom stereocenters. The molecule has 0 bridgehead atoms. The molecule has 0 spiro atoms. The van der Waals surface area contributed by atoms with E-state index in [-0.39, 0.29) is 0 Å². The molecule has 2 aliphatic carbocycles. The molecule has 0 aromatic carbocycles. The molecule has 0 radical (unpaired) electrons. The van der Waals surface area contributed by atoms with Crippen LogP contribution in [0, 0.1) is 23.7 Å². The van der Waals surface area contributed by atoms with Gasteiger partial charge in [-0.3, -0.25) is 0 Å². The van der Waals surface area contributed by atoms with Crippen LogP contribution in [0.5, 0.6) is 0 Å². The van der Waals surface area contributed by atoms with Crippen molar-refractivity contribution in [1.29, 1.82) is 0 Å². The number of hydrogen-bond acceptors (Lipinski definition) is 1. The Morgan fingerprint density at radius 2 is 1.81 bits per heavy atom. The third kappa shape index (κ3) is 4.84. The Bertz CT molecular complexity index is 322. The summed E-state index contributed by atoms with van der Waals surface area (Å²) >= 11 is 0. The van der Waals surface area contributed by atoms with Crippen LogP contribution in [0.15, 0.2) is 12.2 Å². The predicted molar refractivity (Wildman–Crippen MR) is 91.4 cm³/mol. The van der Waals surface area contributed by atoms with Crippen LogP contribution in [0.3, 0.4) is 0 Å². The third-order valence-electron chi connectivity index (χ3n) is 6.16. The van der Waals surface area contributed by atoms with Gasteiger partial charge in [0.1, 0.15) is 0 Å². The lowest BCUT2D eigenvalue weighted by Gasteiger charge is -2.39.